The average Bonchev–Trinajstić information content (AvgIpc) is 3.06. The molecule has 3 rings (SSSR count). The molecule has 2 aromatic rings. The van der Waals surface area contributed by atoms with E-state index in [1.54, 1.807) is 4.90 Å². The fourth-order valence-electron chi connectivity index (χ4n) is 2.73. The number of rotatable bonds is 5. The van der Waals surface area contributed by atoms with E-state index >= 15 is 0 Å². The number of carbonyl (C=O) groups is 1. The van der Waals surface area contributed by atoms with Crippen LogP contribution in [-0.2, 0) is 17.7 Å². The van der Waals surface area contributed by atoms with Gasteiger partial charge in [-0.05, 0) is 25.3 Å². The molecule has 2 aromatic heterocycles. The van der Waals surface area contributed by atoms with E-state index in [0.717, 1.165) is 36.6 Å². The Labute approximate surface area is 147 Å². The molecule has 0 spiro atoms. The third-order valence-electron chi connectivity index (χ3n) is 3.72. The second-order valence-electron chi connectivity index (χ2n) is 5.80. The number of nitrogens with zero attached hydrogens (tertiary/aromatic N) is 4. The van der Waals surface area contributed by atoms with Gasteiger partial charge in [0.15, 0.2) is 10.9 Å². The van der Waals surface area contributed by atoms with Crippen LogP contribution in [0.25, 0.3) is 0 Å². The topological polar surface area (TPSA) is 71.0 Å². The maximum Gasteiger partial charge on any atom is 0.223 e. The highest BCUT2D eigenvalue weighted by molar-refractivity contribution is 7.15. The van der Waals surface area contributed by atoms with Crippen molar-refractivity contribution in [3.8, 4) is 0 Å². The third kappa shape index (κ3) is 4.78. The van der Waals surface area contributed by atoms with E-state index in [2.05, 4.69) is 20.3 Å². The lowest BCUT2D eigenvalue weighted by Gasteiger charge is -2.32. The molecule has 1 saturated heterocycles. The molecule has 8 heteroatoms. The smallest absolute Gasteiger partial charge is 0.223 e. The summed E-state index contributed by atoms with van der Waals surface area (Å²) in [5.41, 5.74) is 0. The second kappa shape index (κ2) is 7.76. The lowest BCUT2D eigenvalue weighted by Crippen LogP contribution is -2.35. The number of hydrogen-bond donors (Lipinski definition) is 1. The van der Waals surface area contributed by atoms with Crippen LogP contribution < -0.4 is 5.32 Å². The molecule has 0 radical (unpaired) electrons. The van der Waals surface area contributed by atoms with Crippen molar-refractivity contribution in [2.45, 2.75) is 32.7 Å². The van der Waals surface area contributed by atoms with Crippen molar-refractivity contribution in [3.05, 3.63) is 35.1 Å². The van der Waals surface area contributed by atoms with E-state index in [1.807, 2.05) is 0 Å². The molecule has 1 aliphatic heterocycles. The number of aromatic nitrogens is 3. The van der Waals surface area contributed by atoms with Crippen LogP contribution in [-0.4, -0.2) is 38.8 Å². The molecular formula is C16H20FN5OS. The fraction of sp³-hybridized carbons (Fsp3) is 0.500. The van der Waals surface area contributed by atoms with Crippen molar-refractivity contribution < 1.29 is 11.9 Å². The monoisotopic (exact) mass is 351 g/mol. The number of hydrogen-bond acceptors (Lipinski definition) is 6. The zero-order valence-electron chi connectivity index (χ0n) is 15.3. The molecule has 1 aliphatic rings. The van der Waals surface area contributed by atoms with Crippen molar-refractivity contribution >= 4 is 22.4 Å². The number of piperidine rings is 1. The molecule has 6 nitrogen and oxygen atoms in total. The molecule has 1 N–H and O–H groups in total. The van der Waals surface area contributed by atoms with Crippen LogP contribution >= 0.6 is 11.3 Å². The van der Waals surface area contributed by atoms with Crippen LogP contribution in [0.1, 0.15) is 33.2 Å². The van der Waals surface area contributed by atoms with E-state index < -0.39 is 12.3 Å². The Bertz CT molecular complexity index is 770. The lowest BCUT2D eigenvalue weighted by atomic mass is 9.94. The van der Waals surface area contributed by atoms with Gasteiger partial charge in [0.1, 0.15) is 5.82 Å². The van der Waals surface area contributed by atoms with E-state index in [0.29, 0.717) is 35.3 Å². The van der Waals surface area contributed by atoms with Gasteiger partial charge in [0.2, 0.25) is 5.91 Å². The number of anilines is 1. The van der Waals surface area contributed by atoms with Crippen molar-refractivity contribution in [1.82, 2.24) is 19.9 Å². The number of nitrogens with one attached hydrogen (secondary N) is 1. The van der Waals surface area contributed by atoms with E-state index in [9.17, 15) is 9.18 Å². The first kappa shape index (κ1) is 14.4. The number of halogens is 1. The van der Waals surface area contributed by atoms with Gasteiger partial charge in [0.25, 0.3) is 0 Å². The summed E-state index contributed by atoms with van der Waals surface area (Å²) in [6.07, 6.45) is 6.19. The Hall–Kier alpha value is -1.93. The maximum absolute atomic E-state index is 12.9. The van der Waals surface area contributed by atoms with Gasteiger partial charge in [-0.15, -0.1) is 11.3 Å². The van der Waals surface area contributed by atoms with Crippen LogP contribution in [0.5, 0.6) is 0 Å². The Balaban J connectivity index is 1.68. The van der Waals surface area contributed by atoms with E-state index in [4.69, 9.17) is 2.74 Å². The predicted molar refractivity (Wildman–Crippen MR) is 90.1 cm³/mol. The van der Waals surface area contributed by atoms with Gasteiger partial charge in [-0.1, -0.05) is 0 Å². The minimum absolute atomic E-state index is 0.201. The highest BCUT2D eigenvalue weighted by Gasteiger charge is 2.21. The molecular weight excluding hydrogens is 329 g/mol. The van der Waals surface area contributed by atoms with Crippen LogP contribution in [0.2, 0.25) is 0 Å². The minimum atomic E-state index is -1.67. The largest absolute Gasteiger partial charge is 0.302 e. The Morgan fingerprint density at radius 3 is 3.00 bits per heavy atom. The molecule has 1 amide bonds. The summed E-state index contributed by atoms with van der Waals surface area (Å²) in [5.74, 6) is 0.0795. The molecule has 128 valence electrons. The second-order valence-corrected chi connectivity index (χ2v) is 6.83. The summed E-state index contributed by atoms with van der Waals surface area (Å²) in [7, 11) is 0. The minimum Gasteiger partial charge on any atom is -0.302 e. The SMILES string of the molecule is [2H]C([2H])(c1cnc(NC(C)=O)s1)N1CCC[C@H](Cc2ncc(F)cn2)C1. The normalized spacial score (nSPS) is 20.3. The molecule has 0 aliphatic carbocycles. The molecule has 0 aromatic carbocycles. The zero-order chi connectivity index (χ0) is 18.7. The number of amides is 1. The highest BCUT2D eigenvalue weighted by atomic mass is 32.1. The quantitative estimate of drug-likeness (QED) is 0.896. The Morgan fingerprint density at radius 1 is 1.46 bits per heavy atom. The van der Waals surface area contributed by atoms with Crippen LogP contribution in [0, 0.1) is 11.7 Å². The number of carbonyl (C=O) groups excluding carboxylic acids is 1. The molecule has 0 bridgehead atoms. The first-order chi connectivity index (χ1) is 12.3. The summed E-state index contributed by atoms with van der Waals surface area (Å²) in [6, 6.07) is 0. The first-order valence-corrected chi connectivity index (χ1v) is 8.61. The number of thiazole rings is 1. The van der Waals surface area contributed by atoms with Gasteiger partial charge in [0, 0.05) is 40.2 Å². The van der Waals surface area contributed by atoms with Gasteiger partial charge < -0.3 is 5.32 Å². The Morgan fingerprint density at radius 2 is 2.25 bits per heavy atom. The van der Waals surface area contributed by atoms with Crippen LogP contribution in [0.4, 0.5) is 9.52 Å². The molecule has 0 saturated carbocycles. The van der Waals surface area contributed by atoms with E-state index in [-0.39, 0.29) is 11.8 Å². The highest BCUT2D eigenvalue weighted by Crippen LogP contribution is 2.24. The average molecular weight is 351 g/mol. The van der Waals surface area contributed by atoms with Crippen LogP contribution in [0.15, 0.2) is 18.6 Å². The maximum atomic E-state index is 12.9. The third-order valence-corrected chi connectivity index (χ3v) is 4.54. The van der Waals surface area contributed by atoms with Gasteiger partial charge in [-0.25, -0.2) is 19.3 Å². The van der Waals surface area contributed by atoms with Crippen molar-refractivity contribution in [2.24, 2.45) is 5.92 Å². The van der Waals surface area contributed by atoms with Gasteiger partial charge >= 0.3 is 0 Å². The molecule has 24 heavy (non-hydrogen) atoms. The summed E-state index contributed by atoms with van der Waals surface area (Å²) in [6.45, 7) is 0.918. The first-order valence-electron chi connectivity index (χ1n) is 8.80. The molecule has 3 heterocycles. The number of likely N-dealkylation sites (tertiary alicyclic amines) is 1. The molecule has 1 atom stereocenters. The van der Waals surface area contributed by atoms with Crippen molar-refractivity contribution in [2.75, 3.05) is 18.4 Å². The van der Waals surface area contributed by atoms with Crippen molar-refractivity contribution in [3.63, 3.8) is 0 Å². The molecule has 1 fully saturated rings. The summed E-state index contributed by atoms with van der Waals surface area (Å²) in [5, 5.41) is 2.98. The van der Waals surface area contributed by atoms with Crippen molar-refractivity contribution in [1.29, 1.82) is 0 Å². The zero-order valence-corrected chi connectivity index (χ0v) is 14.1. The fourth-order valence-corrected chi connectivity index (χ4v) is 3.51. The lowest BCUT2D eigenvalue weighted by molar-refractivity contribution is -0.114. The van der Waals surface area contributed by atoms with Gasteiger partial charge in [0.05, 0.1) is 12.4 Å². The van der Waals surface area contributed by atoms with Gasteiger partial charge in [-0.2, -0.15) is 0 Å². The molecule has 0 unspecified atom stereocenters. The van der Waals surface area contributed by atoms with Crippen LogP contribution in [0.3, 0.4) is 0 Å². The summed E-state index contributed by atoms with van der Waals surface area (Å²) >= 11 is 1.14. The van der Waals surface area contributed by atoms with Gasteiger partial charge in [-0.3, -0.25) is 9.69 Å². The standard InChI is InChI=1S/C16H20FN5OS/c1-11(23)21-16-20-8-14(24-16)10-22-4-2-3-12(9-22)5-15-18-6-13(17)7-19-15/h6-8,12H,2-5,9-10H2,1H3,(H,20,21,23)/t12-/m1/s1/i10D2. The Kier molecular flexibility index (Phi) is 4.66. The summed E-state index contributed by atoms with van der Waals surface area (Å²) < 4.78 is 30.0. The predicted octanol–water partition coefficient (Wildman–Crippen LogP) is 2.49. The summed E-state index contributed by atoms with van der Waals surface area (Å²) in [4.78, 5) is 25.5. The van der Waals surface area contributed by atoms with E-state index in [1.165, 1.54) is 13.1 Å².